The van der Waals surface area contributed by atoms with Gasteiger partial charge in [-0.2, -0.15) is 5.10 Å². The smallest absolute Gasteiger partial charge is 0.307 e. The first-order valence-electron chi connectivity index (χ1n) is 7.96. The molecule has 6 nitrogen and oxygen atoms in total. The molecule has 0 bridgehead atoms. The van der Waals surface area contributed by atoms with Gasteiger partial charge in [0.1, 0.15) is 0 Å². The van der Waals surface area contributed by atoms with Crippen molar-refractivity contribution in [2.45, 2.75) is 52.1 Å². The Hall–Kier alpha value is -1.85. The van der Waals surface area contributed by atoms with Crippen LogP contribution in [0.3, 0.4) is 0 Å². The Bertz CT molecular complexity index is 587. The number of carboxylic acids is 1. The summed E-state index contributed by atoms with van der Waals surface area (Å²) in [6.45, 7) is 4.01. The second-order valence-electron chi connectivity index (χ2n) is 7.06. The first kappa shape index (κ1) is 15.1. The summed E-state index contributed by atoms with van der Waals surface area (Å²) in [6, 6.07) is 2.41. The normalized spacial score (nSPS) is 26.8. The van der Waals surface area contributed by atoms with Crippen molar-refractivity contribution in [2.75, 3.05) is 0 Å². The molecule has 6 heteroatoms. The van der Waals surface area contributed by atoms with Crippen LogP contribution in [0.2, 0.25) is 0 Å². The molecule has 1 aromatic rings. The fourth-order valence-electron chi connectivity index (χ4n) is 3.72. The van der Waals surface area contributed by atoms with Crippen molar-refractivity contribution in [1.82, 2.24) is 15.1 Å². The zero-order chi connectivity index (χ0) is 15.9. The monoisotopic (exact) mass is 305 g/mol. The van der Waals surface area contributed by atoms with E-state index in [2.05, 4.69) is 10.4 Å². The van der Waals surface area contributed by atoms with Crippen molar-refractivity contribution >= 4 is 11.9 Å². The highest BCUT2D eigenvalue weighted by atomic mass is 16.4. The highest BCUT2D eigenvalue weighted by molar-refractivity contribution is 5.91. The van der Waals surface area contributed by atoms with Gasteiger partial charge in [-0.05, 0) is 24.3 Å². The van der Waals surface area contributed by atoms with Gasteiger partial charge >= 0.3 is 5.97 Å². The summed E-state index contributed by atoms with van der Waals surface area (Å²) in [5.41, 5.74) is 0.365. The van der Waals surface area contributed by atoms with Crippen LogP contribution in [0, 0.1) is 17.3 Å². The molecule has 2 saturated carbocycles. The minimum Gasteiger partial charge on any atom is -0.481 e. The maximum Gasteiger partial charge on any atom is 0.307 e. The number of aliphatic carboxylic acids is 1. The summed E-state index contributed by atoms with van der Waals surface area (Å²) in [5.74, 6) is -2.10. The predicted molar refractivity (Wildman–Crippen MR) is 80.0 cm³/mol. The Morgan fingerprint density at radius 3 is 2.64 bits per heavy atom. The Kier molecular flexibility index (Phi) is 3.70. The quantitative estimate of drug-likeness (QED) is 0.871. The van der Waals surface area contributed by atoms with Gasteiger partial charge in [0, 0.05) is 6.20 Å². The van der Waals surface area contributed by atoms with Crippen LogP contribution in [-0.4, -0.2) is 26.8 Å². The Morgan fingerprint density at radius 1 is 1.36 bits per heavy atom. The standard InChI is InChI=1S/C16H23N3O3/c1-16(2)12(13(16)15(21)22)14(20)17-9-10-7-8-19(18-10)11-5-3-4-6-11/h7-8,11-13H,3-6,9H2,1-2H3,(H,17,20)(H,21,22)/t12-,13+/m1/s1. The summed E-state index contributed by atoms with van der Waals surface area (Å²) in [6.07, 6.45) is 6.82. The number of hydrogen-bond donors (Lipinski definition) is 2. The molecule has 120 valence electrons. The van der Waals surface area contributed by atoms with Gasteiger partial charge in [0.15, 0.2) is 0 Å². The van der Waals surface area contributed by atoms with Crippen molar-refractivity contribution in [3.8, 4) is 0 Å². The number of carbonyl (C=O) groups is 2. The number of amides is 1. The first-order chi connectivity index (χ1) is 10.4. The lowest BCUT2D eigenvalue weighted by Crippen LogP contribution is -2.27. The summed E-state index contributed by atoms with van der Waals surface area (Å²) in [4.78, 5) is 23.3. The van der Waals surface area contributed by atoms with Gasteiger partial charge in [-0.15, -0.1) is 0 Å². The van der Waals surface area contributed by atoms with Gasteiger partial charge in [0.25, 0.3) is 0 Å². The van der Waals surface area contributed by atoms with E-state index in [9.17, 15) is 9.59 Å². The number of hydrogen-bond acceptors (Lipinski definition) is 3. The van der Waals surface area contributed by atoms with E-state index in [1.807, 2.05) is 30.8 Å². The van der Waals surface area contributed by atoms with E-state index in [0.717, 1.165) is 5.69 Å². The van der Waals surface area contributed by atoms with Crippen molar-refractivity contribution in [3.63, 3.8) is 0 Å². The molecule has 1 aromatic heterocycles. The largest absolute Gasteiger partial charge is 0.481 e. The molecule has 0 aromatic carbocycles. The van der Waals surface area contributed by atoms with Gasteiger partial charge in [-0.3, -0.25) is 14.3 Å². The number of carboxylic acid groups (broad SMARTS) is 1. The molecular formula is C16H23N3O3. The van der Waals surface area contributed by atoms with Gasteiger partial charge in [-0.1, -0.05) is 26.7 Å². The van der Waals surface area contributed by atoms with Crippen LogP contribution in [0.25, 0.3) is 0 Å². The van der Waals surface area contributed by atoms with E-state index < -0.39 is 23.2 Å². The molecule has 2 atom stereocenters. The zero-order valence-electron chi connectivity index (χ0n) is 13.1. The molecule has 3 rings (SSSR count). The highest BCUT2D eigenvalue weighted by Gasteiger charge is 2.65. The molecule has 2 aliphatic carbocycles. The van der Waals surface area contributed by atoms with Gasteiger partial charge in [0.05, 0.1) is 30.1 Å². The molecule has 0 radical (unpaired) electrons. The molecular weight excluding hydrogens is 282 g/mol. The van der Waals surface area contributed by atoms with E-state index in [1.54, 1.807) is 0 Å². The lowest BCUT2D eigenvalue weighted by molar-refractivity contribution is -0.140. The third-order valence-electron chi connectivity index (χ3n) is 5.18. The summed E-state index contributed by atoms with van der Waals surface area (Å²) in [5, 5.41) is 16.5. The average molecular weight is 305 g/mol. The van der Waals surface area contributed by atoms with Crippen LogP contribution in [0.4, 0.5) is 0 Å². The van der Waals surface area contributed by atoms with Gasteiger partial charge < -0.3 is 10.4 Å². The Labute approximate surface area is 129 Å². The molecule has 1 amide bonds. The Balaban J connectivity index is 1.55. The van der Waals surface area contributed by atoms with Crippen molar-refractivity contribution < 1.29 is 14.7 Å². The minimum absolute atomic E-state index is 0.187. The third kappa shape index (κ3) is 2.62. The molecule has 0 aliphatic heterocycles. The molecule has 2 N–H and O–H groups in total. The maximum absolute atomic E-state index is 12.2. The third-order valence-corrected chi connectivity index (χ3v) is 5.18. The summed E-state index contributed by atoms with van der Waals surface area (Å²) >= 11 is 0. The van der Waals surface area contributed by atoms with Crippen LogP contribution in [0.15, 0.2) is 12.3 Å². The van der Waals surface area contributed by atoms with Crippen LogP contribution in [-0.2, 0) is 16.1 Å². The van der Waals surface area contributed by atoms with Crippen molar-refractivity contribution in [2.24, 2.45) is 17.3 Å². The molecule has 1 heterocycles. The van der Waals surface area contributed by atoms with Crippen molar-refractivity contribution in [1.29, 1.82) is 0 Å². The fourth-order valence-corrected chi connectivity index (χ4v) is 3.72. The number of carbonyl (C=O) groups excluding carboxylic acids is 1. The van der Waals surface area contributed by atoms with E-state index in [1.165, 1.54) is 25.7 Å². The summed E-state index contributed by atoms with van der Waals surface area (Å²) in [7, 11) is 0. The molecule has 22 heavy (non-hydrogen) atoms. The molecule has 0 spiro atoms. The first-order valence-corrected chi connectivity index (χ1v) is 7.96. The van der Waals surface area contributed by atoms with E-state index in [-0.39, 0.29) is 5.91 Å². The fraction of sp³-hybridized carbons (Fsp3) is 0.688. The van der Waals surface area contributed by atoms with Crippen LogP contribution < -0.4 is 5.32 Å². The SMILES string of the molecule is CC1(C)[C@H](C(=O)O)[C@@H]1C(=O)NCc1ccn(C2CCCC2)n1. The van der Waals surface area contributed by atoms with E-state index in [4.69, 9.17) is 5.11 Å². The lowest BCUT2D eigenvalue weighted by atomic mass is 10.1. The molecule has 2 fully saturated rings. The Morgan fingerprint density at radius 2 is 2.05 bits per heavy atom. The minimum atomic E-state index is -0.893. The lowest BCUT2D eigenvalue weighted by Gasteiger charge is -2.09. The predicted octanol–water partition coefficient (Wildman–Crippen LogP) is 1.97. The van der Waals surface area contributed by atoms with Crippen LogP contribution in [0.1, 0.15) is 51.3 Å². The second kappa shape index (κ2) is 5.41. The van der Waals surface area contributed by atoms with Crippen LogP contribution >= 0.6 is 0 Å². The maximum atomic E-state index is 12.2. The molecule has 2 aliphatic rings. The van der Waals surface area contributed by atoms with E-state index >= 15 is 0 Å². The summed E-state index contributed by atoms with van der Waals surface area (Å²) < 4.78 is 2.00. The number of nitrogens with one attached hydrogen (secondary N) is 1. The highest BCUT2D eigenvalue weighted by Crippen LogP contribution is 2.58. The van der Waals surface area contributed by atoms with E-state index in [0.29, 0.717) is 12.6 Å². The van der Waals surface area contributed by atoms with Gasteiger partial charge in [0.2, 0.25) is 5.91 Å². The van der Waals surface area contributed by atoms with Gasteiger partial charge in [-0.25, -0.2) is 0 Å². The second-order valence-corrected chi connectivity index (χ2v) is 7.06. The zero-order valence-corrected chi connectivity index (χ0v) is 13.1. The number of rotatable bonds is 5. The molecule has 0 saturated heterocycles. The topological polar surface area (TPSA) is 84.2 Å². The molecule has 0 unspecified atom stereocenters. The van der Waals surface area contributed by atoms with Crippen LogP contribution in [0.5, 0.6) is 0 Å². The number of nitrogens with zero attached hydrogens (tertiary/aromatic N) is 2. The number of aromatic nitrogens is 2. The van der Waals surface area contributed by atoms with Crippen molar-refractivity contribution in [3.05, 3.63) is 18.0 Å². The average Bonchev–Trinajstić information content (AvgIpc) is 2.90.